The van der Waals surface area contributed by atoms with Gasteiger partial charge in [0.25, 0.3) is 5.56 Å². The highest BCUT2D eigenvalue weighted by molar-refractivity contribution is 6.32. The van der Waals surface area contributed by atoms with E-state index in [0.29, 0.717) is 12.2 Å². The van der Waals surface area contributed by atoms with Gasteiger partial charge in [0.15, 0.2) is 0 Å². The Morgan fingerprint density at radius 2 is 2.10 bits per heavy atom. The Bertz CT molecular complexity index is 639. The molecule has 21 heavy (non-hydrogen) atoms. The predicted octanol–water partition coefficient (Wildman–Crippen LogP) is 2.13. The van der Waals surface area contributed by atoms with E-state index in [1.807, 2.05) is 37.3 Å². The number of halogens is 1. The van der Waals surface area contributed by atoms with E-state index in [2.05, 4.69) is 10.4 Å². The first-order valence-corrected chi connectivity index (χ1v) is 7.20. The van der Waals surface area contributed by atoms with Crippen LogP contribution in [0.2, 0.25) is 5.02 Å². The van der Waals surface area contributed by atoms with Crippen molar-refractivity contribution in [1.82, 2.24) is 9.78 Å². The second kappa shape index (κ2) is 7.24. The smallest absolute Gasteiger partial charge is 0.287 e. The van der Waals surface area contributed by atoms with Crippen LogP contribution in [0.25, 0.3) is 0 Å². The Hall–Kier alpha value is -1.85. The Morgan fingerprint density at radius 1 is 1.38 bits per heavy atom. The lowest BCUT2D eigenvalue weighted by Crippen LogP contribution is -2.28. The van der Waals surface area contributed by atoms with E-state index < -0.39 is 0 Å². The van der Waals surface area contributed by atoms with Crippen molar-refractivity contribution in [2.75, 3.05) is 11.9 Å². The molecular formula is C15H18ClN3O2. The van der Waals surface area contributed by atoms with Crippen molar-refractivity contribution in [3.8, 4) is 0 Å². The fraction of sp³-hybridized carbons (Fsp3) is 0.333. The molecule has 2 rings (SSSR count). The molecule has 6 heteroatoms. The first kappa shape index (κ1) is 15.5. The zero-order valence-electron chi connectivity index (χ0n) is 11.8. The van der Waals surface area contributed by atoms with Crippen LogP contribution in [0.1, 0.15) is 18.9 Å². The van der Waals surface area contributed by atoms with E-state index in [0.717, 1.165) is 12.0 Å². The van der Waals surface area contributed by atoms with Crippen LogP contribution in [0, 0.1) is 0 Å². The van der Waals surface area contributed by atoms with Gasteiger partial charge in [-0.15, -0.1) is 0 Å². The number of aliphatic hydroxyl groups is 1. The van der Waals surface area contributed by atoms with Gasteiger partial charge in [-0.3, -0.25) is 4.79 Å². The molecule has 112 valence electrons. The van der Waals surface area contributed by atoms with Crippen molar-refractivity contribution in [2.24, 2.45) is 0 Å². The van der Waals surface area contributed by atoms with Crippen LogP contribution in [-0.2, 0) is 6.54 Å². The zero-order valence-corrected chi connectivity index (χ0v) is 12.5. The van der Waals surface area contributed by atoms with Crippen molar-refractivity contribution in [3.63, 3.8) is 0 Å². The maximum absolute atomic E-state index is 12.2. The molecule has 1 atom stereocenters. The summed E-state index contributed by atoms with van der Waals surface area (Å²) in [7, 11) is 0. The molecule has 0 amide bonds. The Morgan fingerprint density at radius 3 is 2.71 bits per heavy atom. The topological polar surface area (TPSA) is 67.2 Å². The van der Waals surface area contributed by atoms with E-state index in [9.17, 15) is 9.90 Å². The molecule has 0 bridgehead atoms. The minimum absolute atomic E-state index is 0.0278. The highest BCUT2D eigenvalue weighted by atomic mass is 35.5. The number of aliphatic hydroxyl groups excluding tert-OH is 1. The third-order valence-electron chi connectivity index (χ3n) is 3.23. The summed E-state index contributed by atoms with van der Waals surface area (Å²) in [5.41, 5.74) is 1.08. The number of nitrogens with zero attached hydrogens (tertiary/aromatic N) is 2. The van der Waals surface area contributed by atoms with Gasteiger partial charge in [0, 0.05) is 6.04 Å². The van der Waals surface area contributed by atoms with Gasteiger partial charge in [0.05, 0.1) is 25.0 Å². The molecule has 2 aromatic rings. The first-order chi connectivity index (χ1) is 10.2. The van der Waals surface area contributed by atoms with E-state index in [-0.39, 0.29) is 23.2 Å². The first-order valence-electron chi connectivity index (χ1n) is 6.82. The molecule has 0 saturated heterocycles. The number of hydrogen-bond acceptors (Lipinski definition) is 4. The third-order valence-corrected chi connectivity index (χ3v) is 3.60. The molecule has 1 aromatic heterocycles. The summed E-state index contributed by atoms with van der Waals surface area (Å²) >= 11 is 6.11. The highest BCUT2D eigenvalue weighted by Crippen LogP contribution is 2.17. The van der Waals surface area contributed by atoms with Gasteiger partial charge in [-0.05, 0) is 12.0 Å². The van der Waals surface area contributed by atoms with Gasteiger partial charge in [-0.1, -0.05) is 48.9 Å². The summed E-state index contributed by atoms with van der Waals surface area (Å²) in [5.74, 6) is 0. The van der Waals surface area contributed by atoms with Crippen LogP contribution in [0.4, 0.5) is 5.69 Å². The van der Waals surface area contributed by atoms with Gasteiger partial charge in [0.1, 0.15) is 5.02 Å². The quantitative estimate of drug-likeness (QED) is 0.858. The lowest BCUT2D eigenvalue weighted by atomic mass is 10.2. The molecule has 1 heterocycles. The summed E-state index contributed by atoms with van der Waals surface area (Å²) in [6.07, 6.45) is 2.24. The molecule has 0 spiro atoms. The molecule has 2 N–H and O–H groups in total. The van der Waals surface area contributed by atoms with E-state index >= 15 is 0 Å². The fourth-order valence-corrected chi connectivity index (χ4v) is 2.13. The lowest BCUT2D eigenvalue weighted by Gasteiger charge is -2.16. The summed E-state index contributed by atoms with van der Waals surface area (Å²) < 4.78 is 1.32. The number of anilines is 1. The van der Waals surface area contributed by atoms with Crippen LogP contribution in [0.15, 0.2) is 41.3 Å². The molecule has 1 aromatic carbocycles. The Labute approximate surface area is 128 Å². The average molecular weight is 308 g/mol. The van der Waals surface area contributed by atoms with Crippen molar-refractivity contribution in [1.29, 1.82) is 0 Å². The van der Waals surface area contributed by atoms with Crippen LogP contribution in [-0.4, -0.2) is 27.5 Å². The van der Waals surface area contributed by atoms with Crippen molar-refractivity contribution in [2.45, 2.75) is 25.9 Å². The normalized spacial score (nSPS) is 12.1. The molecular weight excluding hydrogens is 290 g/mol. The second-order valence-corrected chi connectivity index (χ2v) is 5.13. The molecule has 0 aliphatic carbocycles. The maximum Gasteiger partial charge on any atom is 0.287 e. The van der Waals surface area contributed by atoms with E-state index in [4.69, 9.17) is 11.6 Å². The highest BCUT2D eigenvalue weighted by Gasteiger charge is 2.12. The second-order valence-electron chi connectivity index (χ2n) is 4.75. The largest absolute Gasteiger partial charge is 0.394 e. The molecule has 0 unspecified atom stereocenters. The van der Waals surface area contributed by atoms with Crippen molar-refractivity contribution < 1.29 is 5.11 Å². The predicted molar refractivity (Wildman–Crippen MR) is 83.8 cm³/mol. The van der Waals surface area contributed by atoms with Crippen molar-refractivity contribution >= 4 is 17.3 Å². The van der Waals surface area contributed by atoms with Crippen LogP contribution < -0.4 is 10.9 Å². The van der Waals surface area contributed by atoms with Gasteiger partial charge >= 0.3 is 0 Å². The summed E-state index contributed by atoms with van der Waals surface area (Å²) in [6, 6.07) is 9.43. The SMILES string of the molecule is CC[C@@H](CO)Nc1cnn(Cc2ccccc2)c(=O)c1Cl. The number of nitrogens with one attached hydrogen (secondary N) is 1. The summed E-state index contributed by atoms with van der Waals surface area (Å²) in [5, 5.41) is 16.4. The van der Waals surface area contributed by atoms with Crippen LogP contribution in [0.3, 0.4) is 0 Å². The van der Waals surface area contributed by atoms with Gasteiger partial charge < -0.3 is 10.4 Å². The lowest BCUT2D eigenvalue weighted by molar-refractivity contribution is 0.272. The molecule has 0 saturated carbocycles. The zero-order chi connectivity index (χ0) is 15.2. The minimum Gasteiger partial charge on any atom is -0.394 e. The summed E-state index contributed by atoms with van der Waals surface area (Å²) in [4.78, 5) is 12.2. The molecule has 0 aliphatic heterocycles. The molecule has 0 radical (unpaired) electrons. The van der Waals surface area contributed by atoms with E-state index in [1.54, 1.807) is 0 Å². The molecule has 0 aliphatic rings. The Kier molecular flexibility index (Phi) is 5.36. The van der Waals surface area contributed by atoms with Gasteiger partial charge in [0.2, 0.25) is 0 Å². The monoisotopic (exact) mass is 307 g/mol. The minimum atomic E-state index is -0.349. The van der Waals surface area contributed by atoms with Gasteiger partial charge in [-0.2, -0.15) is 5.10 Å². The number of rotatable bonds is 6. The molecule has 5 nitrogen and oxygen atoms in total. The van der Waals surface area contributed by atoms with Gasteiger partial charge in [-0.25, -0.2) is 4.68 Å². The third kappa shape index (κ3) is 3.83. The summed E-state index contributed by atoms with van der Waals surface area (Å²) in [6.45, 7) is 2.28. The Balaban J connectivity index is 2.23. The van der Waals surface area contributed by atoms with Crippen molar-refractivity contribution in [3.05, 3.63) is 57.5 Å². The number of benzene rings is 1. The maximum atomic E-state index is 12.2. The van der Waals surface area contributed by atoms with E-state index in [1.165, 1.54) is 10.9 Å². The number of aromatic nitrogens is 2. The average Bonchev–Trinajstić information content (AvgIpc) is 2.52. The van der Waals surface area contributed by atoms with Crippen LogP contribution in [0.5, 0.6) is 0 Å². The van der Waals surface area contributed by atoms with Crippen LogP contribution >= 0.6 is 11.6 Å². The molecule has 0 fully saturated rings. The number of hydrogen-bond donors (Lipinski definition) is 2. The standard InChI is InChI=1S/C15H18ClN3O2/c1-2-12(10-20)18-13-8-17-19(15(21)14(13)16)9-11-6-4-3-5-7-11/h3-8,12,18,20H,2,9-10H2,1H3/t12-/m0/s1. The fourth-order valence-electron chi connectivity index (χ4n) is 1.93.